The summed E-state index contributed by atoms with van der Waals surface area (Å²) in [5.74, 6) is 1.00. The van der Waals surface area contributed by atoms with Crippen molar-refractivity contribution in [2.24, 2.45) is 0 Å². The molecule has 1 N–H and O–H groups in total. The normalized spacial score (nSPS) is 18.5. The van der Waals surface area contributed by atoms with Gasteiger partial charge in [0.1, 0.15) is 10.8 Å². The molecule has 0 bridgehead atoms. The lowest BCUT2D eigenvalue weighted by atomic mass is 9.90. The molecule has 0 fully saturated rings. The number of fused-ring (bicyclic) bond motifs is 1. The molecule has 2 aromatic rings. The molecule has 0 radical (unpaired) electrons. The minimum atomic E-state index is -0.0671. The van der Waals surface area contributed by atoms with Gasteiger partial charge in [0.25, 0.3) is 0 Å². The maximum absolute atomic E-state index is 11.8. The van der Waals surface area contributed by atoms with Gasteiger partial charge in [0.2, 0.25) is 5.91 Å². The zero-order valence-electron chi connectivity index (χ0n) is 11.1. The smallest absolute Gasteiger partial charge is 0.226 e. The minimum Gasteiger partial charge on any atom is -0.360 e. The van der Waals surface area contributed by atoms with E-state index in [0.717, 1.165) is 27.7 Å². The van der Waals surface area contributed by atoms with Crippen LogP contribution >= 0.6 is 11.5 Å². The molecule has 1 amide bonds. The van der Waals surface area contributed by atoms with Gasteiger partial charge < -0.3 is 9.84 Å². The van der Waals surface area contributed by atoms with Crippen molar-refractivity contribution >= 4 is 22.4 Å². The van der Waals surface area contributed by atoms with Crippen LogP contribution in [-0.2, 0) is 4.79 Å². The maximum Gasteiger partial charge on any atom is 0.226 e. The van der Waals surface area contributed by atoms with Crippen molar-refractivity contribution in [3.63, 3.8) is 0 Å². The topological polar surface area (TPSA) is 68.0 Å². The lowest BCUT2D eigenvalue weighted by Gasteiger charge is -2.20. The van der Waals surface area contributed by atoms with Crippen LogP contribution in [0, 0.1) is 6.92 Å². The van der Waals surface area contributed by atoms with Crippen LogP contribution in [0.3, 0.4) is 0 Å². The quantitative estimate of drug-likeness (QED) is 0.916. The predicted molar refractivity (Wildman–Crippen MR) is 72.5 cm³/mol. The van der Waals surface area contributed by atoms with Crippen LogP contribution in [0.25, 0.3) is 0 Å². The Hall–Kier alpha value is -1.69. The molecule has 2 aromatic heterocycles. The Kier molecular flexibility index (Phi) is 2.89. The molecular formula is C13H15N3O2S. The highest BCUT2D eigenvalue weighted by Crippen LogP contribution is 2.41. The van der Waals surface area contributed by atoms with Gasteiger partial charge in [-0.05, 0) is 24.4 Å². The SMILES string of the molecule is Cc1nsc2c1[C@H](c1cc(C(C)C)no1)CC(=O)N2. The fraction of sp³-hybridized carbons (Fsp3) is 0.462. The molecular weight excluding hydrogens is 262 g/mol. The second-order valence-electron chi connectivity index (χ2n) is 5.12. The van der Waals surface area contributed by atoms with Crippen LogP contribution in [0.5, 0.6) is 0 Å². The first kappa shape index (κ1) is 12.3. The van der Waals surface area contributed by atoms with E-state index in [1.54, 1.807) is 0 Å². The summed E-state index contributed by atoms with van der Waals surface area (Å²) in [6.45, 7) is 6.09. The van der Waals surface area contributed by atoms with Crippen molar-refractivity contribution in [1.82, 2.24) is 9.53 Å². The number of anilines is 1. The van der Waals surface area contributed by atoms with Gasteiger partial charge in [0.05, 0.1) is 17.3 Å². The molecule has 0 unspecified atom stereocenters. The number of hydrogen-bond donors (Lipinski definition) is 1. The average molecular weight is 277 g/mol. The number of carbonyl (C=O) groups excluding carboxylic acids is 1. The van der Waals surface area contributed by atoms with Crippen LogP contribution < -0.4 is 5.32 Å². The number of rotatable bonds is 2. The van der Waals surface area contributed by atoms with Crippen LogP contribution in [0.2, 0.25) is 0 Å². The first-order chi connectivity index (χ1) is 9.06. The summed E-state index contributed by atoms with van der Waals surface area (Å²) in [7, 11) is 0. The molecule has 1 atom stereocenters. The number of nitrogens with zero attached hydrogens (tertiary/aromatic N) is 2. The van der Waals surface area contributed by atoms with E-state index in [0.29, 0.717) is 12.3 Å². The minimum absolute atomic E-state index is 0.00338. The predicted octanol–water partition coefficient (Wildman–Crippen LogP) is 3.04. The summed E-state index contributed by atoms with van der Waals surface area (Å²) >= 11 is 1.32. The molecule has 0 saturated heterocycles. The highest BCUT2D eigenvalue weighted by molar-refractivity contribution is 7.10. The van der Waals surface area contributed by atoms with Crippen molar-refractivity contribution in [1.29, 1.82) is 0 Å². The number of amides is 1. The van der Waals surface area contributed by atoms with Gasteiger partial charge in [0.15, 0.2) is 0 Å². The van der Waals surface area contributed by atoms with Gasteiger partial charge in [-0.3, -0.25) is 4.79 Å². The van der Waals surface area contributed by atoms with Crippen LogP contribution in [0.15, 0.2) is 10.6 Å². The fourth-order valence-corrected chi connectivity index (χ4v) is 3.20. The van der Waals surface area contributed by atoms with Crippen LogP contribution in [-0.4, -0.2) is 15.4 Å². The Labute approximate surface area is 115 Å². The largest absolute Gasteiger partial charge is 0.360 e. The zero-order valence-corrected chi connectivity index (χ0v) is 11.9. The van der Waals surface area contributed by atoms with Crippen molar-refractivity contribution < 1.29 is 9.32 Å². The number of carbonyl (C=O) groups is 1. The second-order valence-corrected chi connectivity index (χ2v) is 5.90. The Morgan fingerprint density at radius 1 is 1.53 bits per heavy atom. The third kappa shape index (κ3) is 2.06. The third-order valence-electron chi connectivity index (χ3n) is 3.38. The fourth-order valence-electron chi connectivity index (χ4n) is 2.33. The number of aromatic nitrogens is 2. The van der Waals surface area contributed by atoms with E-state index in [9.17, 15) is 4.79 Å². The van der Waals surface area contributed by atoms with E-state index in [2.05, 4.69) is 28.7 Å². The molecule has 0 saturated carbocycles. The lowest BCUT2D eigenvalue weighted by Crippen LogP contribution is -2.22. The lowest BCUT2D eigenvalue weighted by molar-refractivity contribution is -0.116. The second kappa shape index (κ2) is 4.45. The maximum atomic E-state index is 11.8. The van der Waals surface area contributed by atoms with E-state index in [4.69, 9.17) is 4.52 Å². The van der Waals surface area contributed by atoms with Crippen molar-refractivity contribution in [3.8, 4) is 0 Å². The van der Waals surface area contributed by atoms with Gasteiger partial charge in [-0.15, -0.1) is 0 Å². The molecule has 0 aliphatic carbocycles. The number of nitrogens with one attached hydrogen (secondary N) is 1. The Morgan fingerprint density at radius 2 is 2.32 bits per heavy atom. The summed E-state index contributed by atoms with van der Waals surface area (Å²) in [6, 6.07) is 1.95. The molecule has 3 rings (SSSR count). The molecule has 0 spiro atoms. The number of hydrogen-bond acceptors (Lipinski definition) is 5. The third-order valence-corrected chi connectivity index (χ3v) is 4.25. The van der Waals surface area contributed by atoms with Gasteiger partial charge in [-0.25, -0.2) is 0 Å². The van der Waals surface area contributed by atoms with E-state index in [1.807, 2.05) is 13.0 Å². The monoisotopic (exact) mass is 277 g/mol. The molecule has 100 valence electrons. The van der Waals surface area contributed by atoms with E-state index in [1.165, 1.54) is 11.5 Å². The molecule has 19 heavy (non-hydrogen) atoms. The molecule has 1 aliphatic heterocycles. The zero-order chi connectivity index (χ0) is 13.6. The Morgan fingerprint density at radius 3 is 3.00 bits per heavy atom. The van der Waals surface area contributed by atoms with Gasteiger partial charge in [-0.1, -0.05) is 19.0 Å². The highest BCUT2D eigenvalue weighted by Gasteiger charge is 2.33. The Balaban J connectivity index is 2.04. The molecule has 6 heteroatoms. The summed E-state index contributed by atoms with van der Waals surface area (Å²) in [4.78, 5) is 11.8. The van der Waals surface area contributed by atoms with Crippen LogP contribution in [0.1, 0.15) is 54.8 Å². The van der Waals surface area contributed by atoms with Crippen molar-refractivity contribution in [2.75, 3.05) is 5.32 Å². The van der Waals surface area contributed by atoms with Gasteiger partial charge in [-0.2, -0.15) is 4.37 Å². The van der Waals surface area contributed by atoms with Crippen LogP contribution in [0.4, 0.5) is 5.00 Å². The first-order valence-corrected chi connectivity index (χ1v) is 7.06. The first-order valence-electron chi connectivity index (χ1n) is 6.28. The number of aryl methyl sites for hydroxylation is 1. The summed E-state index contributed by atoms with van der Waals surface area (Å²) in [6.07, 6.45) is 0.388. The molecule has 1 aliphatic rings. The summed E-state index contributed by atoms with van der Waals surface area (Å²) < 4.78 is 9.76. The standard InChI is InChI=1S/C13H15N3O2S/c1-6(2)9-5-10(18-15-9)8-4-11(17)14-13-12(8)7(3)16-19-13/h5-6,8H,4H2,1-3H3,(H,14,17)/t8-/m0/s1. The van der Waals surface area contributed by atoms with E-state index < -0.39 is 0 Å². The van der Waals surface area contributed by atoms with Gasteiger partial charge >= 0.3 is 0 Å². The van der Waals surface area contributed by atoms with Crippen molar-refractivity contribution in [2.45, 2.75) is 39.0 Å². The summed E-state index contributed by atoms with van der Waals surface area (Å²) in [5.41, 5.74) is 2.94. The molecule has 0 aromatic carbocycles. The molecule has 3 heterocycles. The Bertz CT molecular complexity index is 630. The van der Waals surface area contributed by atoms with E-state index >= 15 is 0 Å². The highest BCUT2D eigenvalue weighted by atomic mass is 32.1. The molecule has 5 nitrogen and oxygen atoms in total. The van der Waals surface area contributed by atoms with E-state index in [-0.39, 0.29) is 11.8 Å². The average Bonchev–Trinajstić information content (AvgIpc) is 2.96. The summed E-state index contributed by atoms with van der Waals surface area (Å²) in [5, 5.41) is 7.78. The van der Waals surface area contributed by atoms with Crippen molar-refractivity contribution in [3.05, 3.63) is 28.8 Å². The van der Waals surface area contributed by atoms with Gasteiger partial charge in [0, 0.05) is 18.1 Å².